The van der Waals surface area contributed by atoms with Gasteiger partial charge in [0.15, 0.2) is 5.36 Å². The Morgan fingerprint density at radius 3 is 2.17 bits per heavy atom. The number of nitro groups is 2. The summed E-state index contributed by atoms with van der Waals surface area (Å²) in [6.07, 6.45) is 0. The van der Waals surface area contributed by atoms with E-state index < -0.39 is 57.8 Å². The summed E-state index contributed by atoms with van der Waals surface area (Å²) in [5, 5.41) is 28.0. The molecule has 0 amide bonds. The van der Waals surface area contributed by atoms with Gasteiger partial charge in [0.2, 0.25) is 10.9 Å². The van der Waals surface area contributed by atoms with Gasteiger partial charge in [0.25, 0.3) is 11.4 Å². The average Bonchev–Trinajstić information content (AvgIpc) is 2.77. The maximum Gasteiger partial charge on any atom is 1.00 e. The molecule has 0 saturated carbocycles. The van der Waals surface area contributed by atoms with E-state index in [9.17, 15) is 42.8 Å². The Morgan fingerprint density at radius 1 is 0.889 bits per heavy atom. The van der Waals surface area contributed by atoms with E-state index in [1.165, 1.54) is 6.07 Å². The summed E-state index contributed by atoms with van der Waals surface area (Å²) in [6.45, 7) is 0. The molecule has 0 unspecified atom stereocenters. The van der Waals surface area contributed by atoms with E-state index >= 15 is 0 Å². The molecule has 0 aliphatic rings. The molecule has 0 aliphatic heterocycles. The Bertz CT molecular complexity index is 1700. The number of rotatable bonds is 7. The molecule has 4 N–H and O–H groups in total. The van der Waals surface area contributed by atoms with E-state index in [4.69, 9.17) is 5.73 Å². The van der Waals surface area contributed by atoms with Gasteiger partial charge >= 0.3 is 29.6 Å². The molecule has 180 valence electrons. The van der Waals surface area contributed by atoms with E-state index in [1.54, 1.807) is 0 Å². The largest absolute Gasteiger partial charge is 1.00 e. The van der Waals surface area contributed by atoms with Crippen LogP contribution in [0.1, 0.15) is 0 Å². The van der Waals surface area contributed by atoms with E-state index in [-0.39, 0.29) is 46.6 Å². The van der Waals surface area contributed by atoms with Gasteiger partial charge in [-0.1, -0.05) is 0 Å². The number of nitrogens with two attached hydrogens (primary N) is 1. The Morgan fingerprint density at radius 2 is 1.58 bits per heavy atom. The molecular formula is C18H12N7NaO9S. The van der Waals surface area contributed by atoms with Crippen LogP contribution in [0, 0.1) is 20.2 Å². The number of benzene rings is 3. The molecule has 0 atom stereocenters. The van der Waals surface area contributed by atoms with Crippen molar-refractivity contribution in [3.05, 3.63) is 99.9 Å². The van der Waals surface area contributed by atoms with Crippen LogP contribution >= 0.6 is 0 Å². The third-order valence-corrected chi connectivity index (χ3v) is 5.21. The molecule has 0 aliphatic carbocycles. The number of nitrogen functional groups attached to an aromatic ring is 1. The molecule has 0 radical (unpaired) electrons. The Balaban J connectivity index is 0.00000456. The topological polar surface area (TPSA) is 252 Å². The molecule has 3 rings (SSSR count). The molecule has 3 aromatic carbocycles. The van der Waals surface area contributed by atoms with Crippen LogP contribution in [0.2, 0.25) is 0 Å². The number of nitro benzene ring substituents is 2. The fraction of sp³-hybridized carbons (Fsp3) is 0. The van der Waals surface area contributed by atoms with E-state index in [0.29, 0.717) is 6.07 Å². The number of nitrogens with one attached hydrogen (secondary N) is 2. The van der Waals surface area contributed by atoms with Gasteiger partial charge in [-0.05, 0) is 30.3 Å². The van der Waals surface area contributed by atoms with Crippen molar-refractivity contribution >= 4 is 38.6 Å². The van der Waals surface area contributed by atoms with E-state index in [2.05, 4.69) is 21.1 Å². The van der Waals surface area contributed by atoms with Gasteiger partial charge in [-0.2, -0.15) is 10.2 Å². The van der Waals surface area contributed by atoms with Crippen molar-refractivity contribution in [2.75, 3.05) is 16.6 Å². The van der Waals surface area contributed by atoms with E-state index in [1.807, 2.05) is 0 Å². The van der Waals surface area contributed by atoms with Gasteiger partial charge in [-0.3, -0.25) is 40.7 Å². The van der Waals surface area contributed by atoms with Crippen molar-refractivity contribution in [1.82, 2.24) is 0 Å². The first kappa shape index (κ1) is 28.2. The second-order valence-corrected chi connectivity index (χ2v) is 7.98. The van der Waals surface area contributed by atoms with Crippen LogP contribution in [0.3, 0.4) is 0 Å². The molecule has 3 aromatic rings. The quantitative estimate of drug-likeness (QED) is 0.0891. The first-order valence-corrected chi connectivity index (χ1v) is 10.5. The standard InChI is InChI=1S/C18H13N7O9S.Na/c19-11-7-9(1-5-14(11)25(30)31)20-23-17-15(26)6-4-13(18(17)27)22-21-12-3-2-10(24(28)29)8-16(12)35(32,33)34;/h1-8,20-21H,19H2,(H,32,33,34);/q;+1/p-1/b22-13-,23-17+;. The van der Waals surface area contributed by atoms with Crippen LogP contribution < -0.4 is 67.7 Å². The molecule has 0 aromatic heterocycles. The van der Waals surface area contributed by atoms with Gasteiger partial charge in [0.05, 0.1) is 26.1 Å². The fourth-order valence-electron chi connectivity index (χ4n) is 2.69. The zero-order chi connectivity index (χ0) is 25.9. The monoisotopic (exact) mass is 525 g/mol. The number of non-ortho nitro benzene ring substituents is 1. The van der Waals surface area contributed by atoms with Gasteiger partial charge in [-0.25, -0.2) is 8.42 Å². The summed E-state index contributed by atoms with van der Waals surface area (Å²) in [4.78, 5) is 43.8. The number of anilines is 3. The molecule has 0 fully saturated rings. The predicted molar refractivity (Wildman–Crippen MR) is 118 cm³/mol. The maximum atomic E-state index is 12.6. The molecule has 0 saturated heterocycles. The normalized spacial score (nSPS) is 12.0. The zero-order valence-corrected chi connectivity index (χ0v) is 20.9. The summed E-state index contributed by atoms with van der Waals surface area (Å²) in [5.41, 5.74) is 6.76. The Hall–Kier alpha value is -4.03. The minimum atomic E-state index is -5.16. The van der Waals surface area contributed by atoms with Gasteiger partial charge < -0.3 is 10.3 Å². The summed E-state index contributed by atoms with van der Waals surface area (Å²) in [6, 6.07) is 7.76. The van der Waals surface area contributed by atoms with E-state index in [0.717, 1.165) is 36.4 Å². The fourth-order valence-corrected chi connectivity index (χ4v) is 3.34. The second-order valence-electron chi connectivity index (χ2n) is 6.63. The van der Waals surface area contributed by atoms with Crippen LogP contribution in [0.25, 0.3) is 0 Å². The van der Waals surface area contributed by atoms with Crippen LogP contribution in [-0.2, 0) is 10.1 Å². The van der Waals surface area contributed by atoms with Crippen LogP contribution in [0.4, 0.5) is 28.4 Å². The van der Waals surface area contributed by atoms with Crippen molar-refractivity contribution in [1.29, 1.82) is 0 Å². The SMILES string of the molecule is Nc1cc(N/N=c2\c(=O)cc/c(=N/Nc3ccc([N+](=O)[O-])cc3S(=O)(=O)[O-])c2=O)ccc1[N+](=O)[O-].[Na+]. The molecule has 0 spiro atoms. The van der Waals surface area contributed by atoms with Crippen molar-refractivity contribution in [2.24, 2.45) is 10.2 Å². The molecule has 36 heavy (non-hydrogen) atoms. The zero-order valence-electron chi connectivity index (χ0n) is 18.1. The number of hydrogen-bond acceptors (Lipinski definition) is 14. The molecular weight excluding hydrogens is 513 g/mol. The first-order valence-electron chi connectivity index (χ1n) is 9.11. The first-order chi connectivity index (χ1) is 16.4. The van der Waals surface area contributed by atoms with Gasteiger partial charge in [0, 0.05) is 18.2 Å². The third-order valence-electron chi connectivity index (χ3n) is 4.34. The summed E-state index contributed by atoms with van der Waals surface area (Å²) in [7, 11) is -5.16. The minimum Gasteiger partial charge on any atom is -0.744 e. The number of hydrogen-bond donors (Lipinski definition) is 3. The van der Waals surface area contributed by atoms with Crippen molar-refractivity contribution in [3.63, 3.8) is 0 Å². The third kappa shape index (κ3) is 6.34. The minimum absolute atomic E-state index is 0. The second kappa shape index (κ2) is 11.1. The Kier molecular flexibility index (Phi) is 8.73. The smallest absolute Gasteiger partial charge is 0.744 e. The molecule has 0 bridgehead atoms. The Labute approximate surface area is 221 Å². The van der Waals surface area contributed by atoms with Crippen molar-refractivity contribution in [2.45, 2.75) is 4.90 Å². The summed E-state index contributed by atoms with van der Waals surface area (Å²) < 4.78 is 34.4. The van der Waals surface area contributed by atoms with Crippen LogP contribution in [-0.4, -0.2) is 22.8 Å². The predicted octanol–water partition coefficient (Wildman–Crippen LogP) is -3.56. The summed E-state index contributed by atoms with van der Waals surface area (Å²) in [5.74, 6) is 0. The van der Waals surface area contributed by atoms with Crippen LogP contribution in [0.5, 0.6) is 0 Å². The molecule has 0 heterocycles. The average molecular weight is 525 g/mol. The molecule has 18 heteroatoms. The van der Waals surface area contributed by atoms with Crippen molar-refractivity contribution < 1.29 is 52.4 Å². The number of nitrogens with zero attached hydrogens (tertiary/aromatic N) is 4. The molecule has 16 nitrogen and oxygen atoms in total. The maximum absolute atomic E-state index is 12.6. The summed E-state index contributed by atoms with van der Waals surface area (Å²) >= 11 is 0. The van der Waals surface area contributed by atoms with Crippen LogP contribution in [0.15, 0.2) is 73.2 Å². The van der Waals surface area contributed by atoms with Crippen molar-refractivity contribution in [3.8, 4) is 0 Å². The van der Waals surface area contributed by atoms with Gasteiger partial charge in [0.1, 0.15) is 21.2 Å². The van der Waals surface area contributed by atoms with Gasteiger partial charge in [-0.15, -0.1) is 0 Å².